The highest BCUT2D eigenvalue weighted by molar-refractivity contribution is 7.89. The molecule has 1 aliphatic carbocycles. The summed E-state index contributed by atoms with van der Waals surface area (Å²) in [6, 6.07) is 2.37. The number of amides is 1. The monoisotopic (exact) mass is 344 g/mol. The summed E-state index contributed by atoms with van der Waals surface area (Å²) in [6.45, 7) is 1.46. The molecule has 2 rings (SSSR count). The Morgan fingerprint density at radius 3 is 2.61 bits per heavy atom. The molecule has 8 heteroatoms. The second kappa shape index (κ2) is 7.37. The molecular formula is C15H21FN2O4S. The van der Waals surface area contributed by atoms with Crippen molar-refractivity contribution in [3.05, 3.63) is 29.6 Å². The van der Waals surface area contributed by atoms with E-state index < -0.39 is 27.8 Å². The fourth-order valence-corrected chi connectivity index (χ4v) is 4.20. The average molecular weight is 344 g/mol. The number of rotatable bonds is 6. The molecule has 0 radical (unpaired) electrons. The molecule has 6 nitrogen and oxygen atoms in total. The van der Waals surface area contributed by atoms with Crippen LogP contribution in [0, 0.1) is 18.7 Å². The molecule has 0 saturated heterocycles. The standard InChI is InChI=1S/C15H21FN2O4S/c1-10-8-12(6-7-13(10)16)23(21,22)18-14(15(19)17-20)9-11-4-2-3-5-11/h6-8,11,14,18,20H,2-5,9H2,1H3,(H,17,19). The lowest BCUT2D eigenvalue weighted by molar-refractivity contribution is -0.131. The van der Waals surface area contributed by atoms with E-state index in [4.69, 9.17) is 5.21 Å². The van der Waals surface area contributed by atoms with Crippen LogP contribution in [0.25, 0.3) is 0 Å². The first-order valence-electron chi connectivity index (χ1n) is 7.56. The third-order valence-electron chi connectivity index (χ3n) is 4.21. The van der Waals surface area contributed by atoms with Gasteiger partial charge in [-0.2, -0.15) is 4.72 Å². The van der Waals surface area contributed by atoms with Gasteiger partial charge in [0.1, 0.15) is 11.9 Å². The molecule has 1 saturated carbocycles. The first kappa shape index (κ1) is 17.8. The van der Waals surface area contributed by atoms with Gasteiger partial charge in [0.2, 0.25) is 10.0 Å². The van der Waals surface area contributed by atoms with E-state index in [-0.39, 0.29) is 16.4 Å². The average Bonchev–Trinajstić information content (AvgIpc) is 3.01. The number of hydrogen-bond donors (Lipinski definition) is 3. The van der Waals surface area contributed by atoms with Gasteiger partial charge >= 0.3 is 0 Å². The van der Waals surface area contributed by atoms with Gasteiger partial charge in [-0.3, -0.25) is 10.0 Å². The molecule has 0 bridgehead atoms. The normalized spacial score (nSPS) is 17.2. The molecule has 1 aliphatic rings. The lowest BCUT2D eigenvalue weighted by Crippen LogP contribution is -2.46. The Labute approximate surface area is 135 Å². The maximum atomic E-state index is 13.3. The Morgan fingerprint density at radius 2 is 2.04 bits per heavy atom. The molecule has 0 spiro atoms. The van der Waals surface area contributed by atoms with Gasteiger partial charge in [0, 0.05) is 0 Å². The number of hydroxylamine groups is 1. The van der Waals surface area contributed by atoms with Gasteiger partial charge in [-0.05, 0) is 43.0 Å². The Balaban J connectivity index is 2.18. The molecule has 23 heavy (non-hydrogen) atoms. The minimum atomic E-state index is -3.98. The molecule has 3 N–H and O–H groups in total. The van der Waals surface area contributed by atoms with E-state index in [1.807, 2.05) is 0 Å². The van der Waals surface area contributed by atoms with E-state index in [0.29, 0.717) is 6.42 Å². The summed E-state index contributed by atoms with van der Waals surface area (Å²) >= 11 is 0. The second-order valence-corrected chi connectivity index (χ2v) is 7.66. The van der Waals surface area contributed by atoms with E-state index >= 15 is 0 Å². The molecule has 1 aromatic rings. The quantitative estimate of drug-likeness (QED) is 0.542. The zero-order valence-corrected chi connectivity index (χ0v) is 13.7. The largest absolute Gasteiger partial charge is 0.289 e. The lowest BCUT2D eigenvalue weighted by atomic mass is 9.99. The third-order valence-corrected chi connectivity index (χ3v) is 5.68. The highest BCUT2D eigenvalue weighted by atomic mass is 32.2. The van der Waals surface area contributed by atoms with Crippen LogP contribution >= 0.6 is 0 Å². The van der Waals surface area contributed by atoms with Gasteiger partial charge in [-0.25, -0.2) is 18.3 Å². The lowest BCUT2D eigenvalue weighted by Gasteiger charge is -2.20. The van der Waals surface area contributed by atoms with E-state index in [1.54, 1.807) is 0 Å². The number of halogens is 1. The molecule has 0 heterocycles. The van der Waals surface area contributed by atoms with Gasteiger partial charge in [0.15, 0.2) is 0 Å². The molecule has 1 fully saturated rings. The van der Waals surface area contributed by atoms with E-state index in [1.165, 1.54) is 18.5 Å². The first-order chi connectivity index (χ1) is 10.8. The predicted octanol–water partition coefficient (Wildman–Crippen LogP) is 1.87. The number of hydrogen-bond acceptors (Lipinski definition) is 4. The van der Waals surface area contributed by atoms with Crippen molar-refractivity contribution >= 4 is 15.9 Å². The van der Waals surface area contributed by atoms with Crippen LogP contribution in [0.4, 0.5) is 4.39 Å². The van der Waals surface area contributed by atoms with Crippen LogP contribution in [0.1, 0.15) is 37.7 Å². The zero-order valence-electron chi connectivity index (χ0n) is 12.9. The van der Waals surface area contributed by atoms with Gasteiger partial charge in [-0.15, -0.1) is 0 Å². The number of sulfonamides is 1. The van der Waals surface area contributed by atoms with Crippen molar-refractivity contribution < 1.29 is 22.8 Å². The van der Waals surface area contributed by atoms with Crippen molar-refractivity contribution in [1.29, 1.82) is 0 Å². The van der Waals surface area contributed by atoms with Crippen LogP contribution in [-0.4, -0.2) is 25.6 Å². The van der Waals surface area contributed by atoms with Gasteiger partial charge in [0.05, 0.1) is 4.90 Å². The summed E-state index contributed by atoms with van der Waals surface area (Å²) in [4.78, 5) is 11.7. The minimum absolute atomic E-state index is 0.112. The molecule has 1 atom stereocenters. The summed E-state index contributed by atoms with van der Waals surface area (Å²) in [7, 11) is -3.98. The van der Waals surface area contributed by atoms with Gasteiger partial charge in [0.25, 0.3) is 5.91 Å². The molecule has 1 amide bonds. The van der Waals surface area contributed by atoms with Crippen molar-refractivity contribution in [2.24, 2.45) is 5.92 Å². The van der Waals surface area contributed by atoms with Crippen molar-refractivity contribution in [2.75, 3.05) is 0 Å². The van der Waals surface area contributed by atoms with Crippen LogP contribution < -0.4 is 10.2 Å². The number of aryl methyl sites for hydroxylation is 1. The van der Waals surface area contributed by atoms with Gasteiger partial charge in [-0.1, -0.05) is 25.7 Å². The molecule has 0 aliphatic heterocycles. The highest BCUT2D eigenvalue weighted by Crippen LogP contribution is 2.29. The summed E-state index contributed by atoms with van der Waals surface area (Å²) < 4.78 is 40.4. The number of carbonyl (C=O) groups is 1. The Bertz CT molecular complexity index is 672. The van der Waals surface area contributed by atoms with Gasteiger partial charge < -0.3 is 0 Å². The molecule has 1 unspecified atom stereocenters. The van der Waals surface area contributed by atoms with Crippen molar-refractivity contribution in [3.8, 4) is 0 Å². The van der Waals surface area contributed by atoms with Crippen molar-refractivity contribution in [2.45, 2.75) is 50.0 Å². The van der Waals surface area contributed by atoms with E-state index in [9.17, 15) is 17.6 Å². The highest BCUT2D eigenvalue weighted by Gasteiger charge is 2.29. The molecule has 128 valence electrons. The van der Waals surface area contributed by atoms with E-state index in [0.717, 1.165) is 37.8 Å². The number of nitrogens with one attached hydrogen (secondary N) is 2. The molecule has 1 aromatic carbocycles. The zero-order chi connectivity index (χ0) is 17.0. The summed E-state index contributed by atoms with van der Waals surface area (Å²) in [5, 5.41) is 8.84. The first-order valence-corrected chi connectivity index (χ1v) is 9.04. The summed E-state index contributed by atoms with van der Waals surface area (Å²) in [5.41, 5.74) is 1.71. The fraction of sp³-hybridized carbons (Fsp3) is 0.533. The summed E-state index contributed by atoms with van der Waals surface area (Å²) in [5.74, 6) is -1.05. The maximum Gasteiger partial charge on any atom is 0.261 e. The van der Waals surface area contributed by atoms with Crippen LogP contribution in [0.2, 0.25) is 0 Å². The Hall–Kier alpha value is -1.51. The number of carbonyl (C=O) groups excluding carboxylic acids is 1. The van der Waals surface area contributed by atoms with Crippen LogP contribution in [0.15, 0.2) is 23.1 Å². The third kappa shape index (κ3) is 4.49. The van der Waals surface area contributed by atoms with Crippen LogP contribution in [0.3, 0.4) is 0 Å². The van der Waals surface area contributed by atoms with Crippen LogP contribution in [0.5, 0.6) is 0 Å². The SMILES string of the molecule is Cc1cc(S(=O)(=O)NC(CC2CCCC2)C(=O)NO)ccc1F. The second-order valence-electron chi connectivity index (χ2n) is 5.95. The molecule has 0 aromatic heterocycles. The maximum absolute atomic E-state index is 13.3. The molecular weight excluding hydrogens is 323 g/mol. The smallest absolute Gasteiger partial charge is 0.261 e. The number of benzene rings is 1. The fourth-order valence-electron chi connectivity index (χ4n) is 2.91. The van der Waals surface area contributed by atoms with Crippen molar-refractivity contribution in [3.63, 3.8) is 0 Å². The van der Waals surface area contributed by atoms with Crippen molar-refractivity contribution in [1.82, 2.24) is 10.2 Å². The summed E-state index contributed by atoms with van der Waals surface area (Å²) in [6.07, 6.45) is 4.31. The Kier molecular flexibility index (Phi) is 5.72. The minimum Gasteiger partial charge on any atom is -0.289 e. The topological polar surface area (TPSA) is 95.5 Å². The Morgan fingerprint density at radius 1 is 1.39 bits per heavy atom. The predicted molar refractivity (Wildman–Crippen MR) is 81.8 cm³/mol. The van der Waals surface area contributed by atoms with E-state index in [2.05, 4.69) is 4.72 Å². The van der Waals surface area contributed by atoms with Crippen LogP contribution in [-0.2, 0) is 14.8 Å².